The Hall–Kier alpha value is -2.03. The number of aromatic nitrogens is 1. The molecule has 1 aromatic heterocycles. The molecule has 0 amide bonds. The summed E-state index contributed by atoms with van der Waals surface area (Å²) in [6.07, 6.45) is 3.97. The number of hydrogen-bond donors (Lipinski definition) is 2. The summed E-state index contributed by atoms with van der Waals surface area (Å²) >= 11 is 0. The van der Waals surface area contributed by atoms with E-state index < -0.39 is 0 Å². The van der Waals surface area contributed by atoms with E-state index in [1.54, 1.807) is 0 Å². The summed E-state index contributed by atoms with van der Waals surface area (Å²) in [5.74, 6) is 2.65. The molecular formula is C23H33IN4O2. The van der Waals surface area contributed by atoms with Crippen LogP contribution in [-0.4, -0.2) is 36.7 Å². The Morgan fingerprint density at radius 2 is 2.10 bits per heavy atom. The Morgan fingerprint density at radius 3 is 2.80 bits per heavy atom. The standard InChI is InChI=1S/C23H32N4O2.HI/c1-5-24-23(25-10-9-18-8-7-16(3)26-14-18)27-15-20-13-22-19(11-17(4)29-22)12-21(20)28-6-2;/h7-8,12-14,17H,5-6,9-11,15H2,1-4H3,(H2,24,25,27);1H. The quantitative estimate of drug-likeness (QED) is 0.310. The molecule has 1 unspecified atom stereocenters. The highest BCUT2D eigenvalue weighted by Gasteiger charge is 2.21. The van der Waals surface area contributed by atoms with Gasteiger partial charge in [-0.15, -0.1) is 24.0 Å². The zero-order valence-corrected chi connectivity index (χ0v) is 20.7. The van der Waals surface area contributed by atoms with Gasteiger partial charge in [0.05, 0.1) is 13.2 Å². The maximum Gasteiger partial charge on any atom is 0.191 e. The number of benzene rings is 1. The van der Waals surface area contributed by atoms with Gasteiger partial charge in [0.1, 0.15) is 17.6 Å². The van der Waals surface area contributed by atoms with E-state index in [4.69, 9.17) is 14.5 Å². The van der Waals surface area contributed by atoms with E-state index in [0.29, 0.717) is 13.2 Å². The van der Waals surface area contributed by atoms with E-state index in [-0.39, 0.29) is 30.1 Å². The third-order valence-corrected chi connectivity index (χ3v) is 4.81. The van der Waals surface area contributed by atoms with E-state index in [1.165, 1.54) is 11.1 Å². The van der Waals surface area contributed by atoms with Crippen LogP contribution in [0.15, 0.2) is 35.5 Å². The van der Waals surface area contributed by atoms with Crippen molar-refractivity contribution in [3.05, 3.63) is 52.8 Å². The number of halogens is 1. The highest BCUT2D eigenvalue weighted by Crippen LogP contribution is 2.35. The Labute approximate surface area is 196 Å². The Kier molecular flexibility index (Phi) is 9.68. The molecule has 6 nitrogen and oxygen atoms in total. The topological polar surface area (TPSA) is 67.8 Å². The number of nitrogens with zero attached hydrogens (tertiary/aromatic N) is 2. The van der Waals surface area contributed by atoms with E-state index in [9.17, 15) is 0 Å². The van der Waals surface area contributed by atoms with Crippen LogP contribution in [0.25, 0.3) is 0 Å². The molecule has 30 heavy (non-hydrogen) atoms. The van der Waals surface area contributed by atoms with Gasteiger partial charge in [-0.1, -0.05) is 6.07 Å². The third-order valence-electron chi connectivity index (χ3n) is 4.81. The zero-order chi connectivity index (χ0) is 20.6. The van der Waals surface area contributed by atoms with Gasteiger partial charge in [-0.2, -0.15) is 0 Å². The summed E-state index contributed by atoms with van der Waals surface area (Å²) in [6, 6.07) is 8.35. The Balaban J connectivity index is 0.00000320. The first-order valence-electron chi connectivity index (χ1n) is 10.5. The second kappa shape index (κ2) is 12.0. The molecule has 0 radical (unpaired) electrons. The monoisotopic (exact) mass is 524 g/mol. The van der Waals surface area contributed by atoms with Gasteiger partial charge in [0.2, 0.25) is 0 Å². The molecule has 0 fully saturated rings. The van der Waals surface area contributed by atoms with E-state index in [0.717, 1.165) is 54.6 Å². The van der Waals surface area contributed by atoms with Crippen LogP contribution < -0.4 is 20.1 Å². The van der Waals surface area contributed by atoms with Crippen LogP contribution >= 0.6 is 24.0 Å². The molecule has 0 aliphatic carbocycles. The number of guanidine groups is 1. The molecule has 3 rings (SSSR count). The molecular weight excluding hydrogens is 491 g/mol. The van der Waals surface area contributed by atoms with Crippen LogP contribution in [0.4, 0.5) is 0 Å². The molecule has 1 aliphatic heterocycles. The number of ether oxygens (including phenoxy) is 2. The molecule has 0 saturated carbocycles. The van der Waals surface area contributed by atoms with Crippen molar-refractivity contribution in [1.82, 2.24) is 15.6 Å². The van der Waals surface area contributed by atoms with Crippen LogP contribution in [0.5, 0.6) is 11.5 Å². The lowest BCUT2D eigenvalue weighted by Gasteiger charge is -2.14. The highest BCUT2D eigenvalue weighted by molar-refractivity contribution is 14.0. The third kappa shape index (κ3) is 6.75. The summed E-state index contributed by atoms with van der Waals surface area (Å²) < 4.78 is 11.8. The van der Waals surface area contributed by atoms with Gasteiger partial charge >= 0.3 is 0 Å². The molecule has 164 valence electrons. The maximum atomic E-state index is 5.92. The molecule has 1 aliphatic rings. The van der Waals surface area contributed by atoms with Crippen molar-refractivity contribution >= 4 is 29.9 Å². The molecule has 0 spiro atoms. The first-order valence-corrected chi connectivity index (χ1v) is 10.5. The SMILES string of the molecule is CCNC(=NCc1cc2c(cc1OCC)CC(C)O2)NCCc1ccc(C)nc1.I. The minimum Gasteiger partial charge on any atom is -0.494 e. The van der Waals surface area contributed by atoms with E-state index in [1.807, 2.05) is 26.1 Å². The van der Waals surface area contributed by atoms with Crippen LogP contribution in [-0.2, 0) is 19.4 Å². The van der Waals surface area contributed by atoms with Crippen molar-refractivity contribution in [3.63, 3.8) is 0 Å². The molecule has 0 bridgehead atoms. The fourth-order valence-electron chi connectivity index (χ4n) is 3.37. The Bertz CT molecular complexity index is 840. The van der Waals surface area contributed by atoms with Gasteiger partial charge in [0.15, 0.2) is 5.96 Å². The average Bonchev–Trinajstić information content (AvgIpc) is 3.06. The van der Waals surface area contributed by atoms with Crippen molar-refractivity contribution in [2.24, 2.45) is 4.99 Å². The van der Waals surface area contributed by atoms with Crippen LogP contribution in [0.2, 0.25) is 0 Å². The molecule has 1 atom stereocenters. The minimum atomic E-state index is 0. The second-order valence-electron chi connectivity index (χ2n) is 7.31. The number of nitrogens with one attached hydrogen (secondary N) is 2. The zero-order valence-electron chi connectivity index (χ0n) is 18.3. The number of fused-ring (bicyclic) bond motifs is 1. The average molecular weight is 524 g/mol. The predicted octanol–water partition coefficient (Wildman–Crippen LogP) is 4.03. The minimum absolute atomic E-state index is 0. The second-order valence-corrected chi connectivity index (χ2v) is 7.31. The lowest BCUT2D eigenvalue weighted by Crippen LogP contribution is -2.38. The number of aryl methyl sites for hydroxylation is 1. The lowest BCUT2D eigenvalue weighted by atomic mass is 10.1. The number of hydrogen-bond acceptors (Lipinski definition) is 4. The molecule has 2 N–H and O–H groups in total. The fraction of sp³-hybridized carbons (Fsp3) is 0.478. The molecule has 2 heterocycles. The predicted molar refractivity (Wildman–Crippen MR) is 132 cm³/mol. The van der Waals surface area contributed by atoms with Crippen LogP contribution in [0.1, 0.15) is 43.2 Å². The summed E-state index contributed by atoms with van der Waals surface area (Å²) in [7, 11) is 0. The van der Waals surface area contributed by atoms with Gasteiger partial charge in [0.25, 0.3) is 0 Å². The molecule has 1 aromatic carbocycles. The number of pyridine rings is 1. The van der Waals surface area contributed by atoms with E-state index in [2.05, 4.69) is 47.7 Å². The van der Waals surface area contributed by atoms with Gasteiger partial charge in [0, 0.05) is 42.5 Å². The summed E-state index contributed by atoms with van der Waals surface area (Å²) in [5.41, 5.74) is 4.50. The largest absolute Gasteiger partial charge is 0.494 e. The number of rotatable bonds is 8. The summed E-state index contributed by atoms with van der Waals surface area (Å²) in [4.78, 5) is 9.11. The van der Waals surface area contributed by atoms with Crippen LogP contribution in [0, 0.1) is 6.92 Å². The van der Waals surface area contributed by atoms with E-state index >= 15 is 0 Å². The summed E-state index contributed by atoms with van der Waals surface area (Å²) in [5, 5.41) is 6.71. The summed E-state index contributed by atoms with van der Waals surface area (Å²) in [6.45, 7) is 10.9. The maximum absolute atomic E-state index is 5.92. The van der Waals surface area contributed by atoms with Gasteiger partial charge in [-0.05, 0) is 57.9 Å². The molecule has 7 heteroatoms. The Morgan fingerprint density at radius 1 is 1.27 bits per heavy atom. The normalized spacial score (nSPS) is 15.1. The highest BCUT2D eigenvalue weighted by atomic mass is 127. The molecule has 2 aromatic rings. The first kappa shape index (κ1) is 24.2. The first-order chi connectivity index (χ1) is 14.1. The van der Waals surface area contributed by atoms with Gasteiger partial charge in [-0.3, -0.25) is 4.98 Å². The smallest absolute Gasteiger partial charge is 0.191 e. The van der Waals surface area contributed by atoms with Crippen LogP contribution in [0.3, 0.4) is 0 Å². The lowest BCUT2D eigenvalue weighted by molar-refractivity contribution is 0.254. The van der Waals surface area contributed by atoms with Crippen molar-refractivity contribution in [2.45, 2.75) is 53.2 Å². The van der Waals surface area contributed by atoms with Gasteiger partial charge in [-0.25, -0.2) is 4.99 Å². The fourth-order valence-corrected chi connectivity index (χ4v) is 3.37. The van der Waals surface area contributed by atoms with Crippen molar-refractivity contribution in [1.29, 1.82) is 0 Å². The van der Waals surface area contributed by atoms with Crippen molar-refractivity contribution in [3.8, 4) is 11.5 Å². The molecule has 0 saturated heterocycles. The van der Waals surface area contributed by atoms with Crippen molar-refractivity contribution < 1.29 is 9.47 Å². The van der Waals surface area contributed by atoms with Crippen molar-refractivity contribution in [2.75, 3.05) is 19.7 Å². The number of aliphatic imine (C=N–C) groups is 1. The van der Waals surface area contributed by atoms with Gasteiger partial charge < -0.3 is 20.1 Å².